The van der Waals surface area contributed by atoms with Gasteiger partial charge in [0.15, 0.2) is 0 Å². The standard InChI is InChI=1S/2C6H7O3P.2C5H5NO3S.10C3H7O.4O.6Ti/c2*7-10(8,9)6-4-2-1-3-5-6;2*7-10(8,9)5-2-1-3-6-4-5;10*1-3(2)4;;;;;;;;;;/h2*1-5H,(H2,7,8,9);2*1-4H,(H,7,8,9);10*3H,1-2H3;;;;;;;;;;/q;;;;10*-1;4*-2;6*+4/p-6. The molecule has 0 aliphatic carbocycles. The minimum absolute atomic E-state index is 0. The first-order chi connectivity index (χ1) is 35.7. The molecule has 0 spiro atoms. The molecule has 2 heterocycles. The molecule has 28 nitrogen and oxygen atoms in total. The zero-order valence-corrected chi connectivity index (χ0v) is 67.2. The van der Waals surface area contributed by atoms with Gasteiger partial charge in [-0.1, -0.05) is 199 Å². The summed E-state index contributed by atoms with van der Waals surface area (Å²) in [5, 5.41) is 95.0. The summed E-state index contributed by atoms with van der Waals surface area (Å²) in [6, 6.07) is 19.7. The van der Waals surface area contributed by atoms with E-state index in [1.54, 1.807) is 151 Å². The van der Waals surface area contributed by atoms with E-state index in [1.807, 2.05) is 0 Å². The molecule has 2 aromatic heterocycles. The van der Waals surface area contributed by atoms with Crippen LogP contribution in [0.3, 0.4) is 0 Å². The summed E-state index contributed by atoms with van der Waals surface area (Å²) < 4.78 is 82.0. The van der Waals surface area contributed by atoms with Crippen molar-refractivity contribution in [1.82, 2.24) is 9.97 Å². The summed E-state index contributed by atoms with van der Waals surface area (Å²) in [6.45, 7) is 32.2. The molecule has 0 bridgehead atoms. The Bertz CT molecular complexity index is 1940. The van der Waals surface area contributed by atoms with E-state index < -0.39 is 96.5 Å². The third-order valence-corrected chi connectivity index (χ3v) is 7.49. The molecule has 508 valence electrons. The van der Waals surface area contributed by atoms with Gasteiger partial charge in [0.05, 0.1) is 9.79 Å². The van der Waals surface area contributed by atoms with Crippen molar-refractivity contribution < 1.29 is 258 Å². The van der Waals surface area contributed by atoms with E-state index in [-0.39, 0.29) is 173 Å². The predicted octanol–water partition coefficient (Wildman–Crippen LogP) is -4.52. The number of pyridine rings is 2. The first-order valence-electron chi connectivity index (χ1n) is 24.2. The monoisotopic (exact) mass is 1570 g/mol. The van der Waals surface area contributed by atoms with Crippen molar-refractivity contribution in [2.45, 2.75) is 209 Å². The van der Waals surface area contributed by atoms with Crippen molar-refractivity contribution in [2.24, 2.45) is 0 Å². The van der Waals surface area contributed by atoms with Crippen LogP contribution in [0, 0.1) is 0 Å². The van der Waals surface area contributed by atoms with Crippen LogP contribution in [0.2, 0.25) is 0 Å². The van der Waals surface area contributed by atoms with Crippen molar-refractivity contribution in [2.75, 3.05) is 0 Å². The van der Waals surface area contributed by atoms with E-state index in [2.05, 4.69) is 9.97 Å². The summed E-state index contributed by atoms with van der Waals surface area (Å²) >= 11 is 0. The van der Waals surface area contributed by atoms with Crippen LogP contribution in [-0.4, -0.2) is 96.9 Å². The second-order valence-electron chi connectivity index (χ2n) is 17.4. The molecule has 0 aliphatic rings. The van der Waals surface area contributed by atoms with Crippen LogP contribution in [-0.2, 0) is 182 Å². The fraction of sp³-hybridized carbons (Fsp3) is 0.577. The van der Waals surface area contributed by atoms with Gasteiger partial charge < -0.3 is 111 Å². The van der Waals surface area contributed by atoms with E-state index in [1.165, 1.54) is 85.2 Å². The minimum atomic E-state index is -4.52. The van der Waals surface area contributed by atoms with Crippen molar-refractivity contribution in [3.8, 4) is 0 Å². The van der Waals surface area contributed by atoms with Gasteiger partial charge in [-0.05, 0) is 50.1 Å². The second-order valence-corrected chi connectivity index (χ2v) is 23.2. The molecule has 0 fully saturated rings. The van der Waals surface area contributed by atoms with Crippen molar-refractivity contribution in [1.29, 1.82) is 0 Å². The van der Waals surface area contributed by atoms with Crippen LogP contribution in [0.25, 0.3) is 0 Å². The zero-order valence-electron chi connectivity index (χ0n) is 54.4. The third kappa shape index (κ3) is 212. The molecule has 0 unspecified atom stereocenters. The Hall–Kier alpha value is 0.586. The molecule has 0 atom stereocenters. The maximum absolute atomic E-state index is 10.3. The first-order valence-corrected chi connectivity index (χ1v) is 30.1. The van der Waals surface area contributed by atoms with Crippen LogP contribution in [0.15, 0.2) is 120 Å². The molecule has 0 aliphatic heterocycles. The molecule has 4 rings (SSSR count). The van der Waals surface area contributed by atoms with Gasteiger partial charge >= 0.3 is 130 Å². The van der Waals surface area contributed by atoms with Gasteiger partial charge in [-0.15, -0.1) is 61.0 Å². The maximum atomic E-state index is 10.3. The molecule has 0 amide bonds. The molecule has 0 saturated heterocycles. The largest absolute Gasteiger partial charge is 4.00 e. The molecule has 0 radical (unpaired) electrons. The minimum Gasteiger partial charge on any atom is -2.00 e. The van der Waals surface area contributed by atoms with E-state index >= 15 is 0 Å². The smallest absolute Gasteiger partial charge is 2.00 e. The molecule has 4 aromatic rings. The van der Waals surface area contributed by atoms with Gasteiger partial charge in [0.2, 0.25) is 0 Å². The van der Waals surface area contributed by atoms with Gasteiger partial charge in [0.25, 0.3) is 0 Å². The molecular weight excluding hydrogens is 1480 g/mol. The molecule has 90 heavy (non-hydrogen) atoms. The Morgan fingerprint density at radius 2 is 0.433 bits per heavy atom. The SMILES string of the molecule is CC(C)[O-].CC(C)[O-].CC(C)[O-].CC(C)[O-].CC(C)[O-].CC(C)[O-].CC(C)[O-].CC(C)[O-].CC(C)[O-].CC(C)[O-].O=P([O-])([O-])c1ccccc1.O=P([O-])([O-])c1ccccc1.O=S(=O)([O-])c1cccnc1.O=S(=O)([O-])c1cccnc1.[O-2].[O-2].[O-2].[O-2].[Ti+4].[Ti+4].[Ti+4].[Ti+4].[Ti+4].[Ti+4]. The van der Waals surface area contributed by atoms with Crippen LogP contribution in [0.5, 0.6) is 0 Å². The maximum Gasteiger partial charge on any atom is 4.00 e. The van der Waals surface area contributed by atoms with Gasteiger partial charge in [-0.3, -0.25) is 9.97 Å². The first kappa shape index (κ1) is 146. The van der Waals surface area contributed by atoms with E-state index in [9.17, 15) is 106 Å². The van der Waals surface area contributed by atoms with E-state index in [4.69, 9.17) is 0 Å². The third-order valence-electron chi connectivity index (χ3n) is 3.99. The average Bonchev–Trinajstić information content (AvgIpc) is 3.23. The fourth-order valence-electron chi connectivity index (χ4n) is 2.21. The van der Waals surface area contributed by atoms with Crippen molar-refractivity contribution in [3.63, 3.8) is 0 Å². The Labute approximate surface area is 626 Å². The average molecular weight is 1570 g/mol. The van der Waals surface area contributed by atoms with Crippen LogP contribution >= 0.6 is 15.2 Å². The Balaban J connectivity index is -0.0000000330. The fourth-order valence-corrected chi connectivity index (χ4v) is 4.16. The van der Waals surface area contributed by atoms with E-state index in [0.717, 1.165) is 12.4 Å². The molecular formula is C52H88N2O26P2S2Ti6. The number of rotatable bonds is 4. The summed E-state index contributed by atoms with van der Waals surface area (Å²) in [5.41, 5.74) is 0. The van der Waals surface area contributed by atoms with Gasteiger partial charge in [0.1, 0.15) is 20.2 Å². The Morgan fingerprint density at radius 1 is 0.300 bits per heavy atom. The van der Waals surface area contributed by atoms with Crippen LogP contribution in [0.1, 0.15) is 138 Å². The molecule has 0 saturated carbocycles. The normalized spacial score (nSPS) is 9.04. The van der Waals surface area contributed by atoms with Gasteiger partial charge in [-0.2, -0.15) is 0 Å². The van der Waals surface area contributed by atoms with Gasteiger partial charge in [0, 0.05) is 24.8 Å². The van der Waals surface area contributed by atoms with Crippen LogP contribution < -0.4 is 81.2 Å². The van der Waals surface area contributed by atoms with Crippen LogP contribution in [0.4, 0.5) is 0 Å². The van der Waals surface area contributed by atoms with E-state index in [0.29, 0.717) is 0 Å². The number of hydrogen-bond acceptors (Lipinski definition) is 24. The molecule has 2 aromatic carbocycles. The summed E-state index contributed by atoms with van der Waals surface area (Å²) in [6.07, 6.45) is 0.661. The zero-order chi connectivity index (χ0) is 66.2. The number of aromatic nitrogens is 2. The Kier molecular flexibility index (Phi) is 152. The number of nitrogens with zero attached hydrogens (tertiary/aromatic N) is 2. The summed E-state index contributed by atoms with van der Waals surface area (Å²) in [4.78, 5) is 47.6. The Morgan fingerprint density at radius 3 is 0.500 bits per heavy atom. The molecule has 0 N–H and O–H groups in total. The van der Waals surface area contributed by atoms with Gasteiger partial charge in [-0.25, -0.2) is 16.8 Å². The molecule has 38 heteroatoms. The van der Waals surface area contributed by atoms with Crippen molar-refractivity contribution >= 4 is 46.0 Å². The number of hydrogen-bond donors (Lipinski definition) is 0. The van der Waals surface area contributed by atoms with Crippen molar-refractivity contribution in [3.05, 3.63) is 110 Å². The quantitative estimate of drug-likeness (QED) is 0.106. The summed E-state index contributed by atoms with van der Waals surface area (Å²) in [5.74, 6) is 0. The summed E-state index contributed by atoms with van der Waals surface area (Å²) in [7, 11) is -17.7. The predicted molar refractivity (Wildman–Crippen MR) is 286 cm³/mol. The number of benzene rings is 2. The second kappa shape index (κ2) is 93.8. The topological polar surface area (TPSA) is 611 Å².